The third-order valence-electron chi connectivity index (χ3n) is 5.35. The van der Waals surface area contributed by atoms with Crippen LogP contribution in [0.15, 0.2) is 35.2 Å². The number of benzene rings is 1. The quantitative estimate of drug-likeness (QED) is 0.834. The maximum absolute atomic E-state index is 13.0. The largest absolute Gasteiger partial charge is 0.341 e. The van der Waals surface area contributed by atoms with E-state index in [4.69, 9.17) is 5.73 Å². The van der Waals surface area contributed by atoms with Gasteiger partial charge in [0, 0.05) is 25.7 Å². The topological polar surface area (TPSA) is 83.7 Å². The van der Waals surface area contributed by atoms with E-state index in [1.807, 2.05) is 11.8 Å². The molecule has 3 rings (SSSR count). The van der Waals surface area contributed by atoms with E-state index < -0.39 is 16.1 Å². The number of nitrogens with zero attached hydrogens (tertiary/aromatic N) is 2. The van der Waals surface area contributed by atoms with Crippen LogP contribution in [-0.4, -0.2) is 55.2 Å². The molecule has 26 heavy (non-hydrogen) atoms. The van der Waals surface area contributed by atoms with Crippen molar-refractivity contribution in [3.63, 3.8) is 0 Å². The number of hydrogen-bond acceptors (Lipinski definition) is 4. The molecule has 3 unspecified atom stereocenters. The monoisotopic (exact) mass is 401 g/mol. The molecule has 146 valence electrons. The summed E-state index contributed by atoms with van der Waals surface area (Å²) >= 11 is 0. The molecule has 1 amide bonds. The molecule has 6 nitrogen and oxygen atoms in total. The minimum atomic E-state index is -3.64. The third kappa shape index (κ3) is 4.22. The first-order chi connectivity index (χ1) is 11.9. The molecule has 0 saturated carbocycles. The van der Waals surface area contributed by atoms with Gasteiger partial charge in [-0.15, -0.1) is 12.4 Å². The predicted octanol–water partition coefficient (Wildman–Crippen LogP) is 1.85. The number of likely N-dealkylation sites (tertiary alicyclic amines) is 1. The van der Waals surface area contributed by atoms with Crippen molar-refractivity contribution in [3.05, 3.63) is 30.3 Å². The van der Waals surface area contributed by atoms with E-state index in [0.717, 1.165) is 12.8 Å². The van der Waals surface area contributed by atoms with Crippen LogP contribution in [0.3, 0.4) is 0 Å². The molecule has 2 aliphatic rings. The summed E-state index contributed by atoms with van der Waals surface area (Å²) in [5, 5.41) is 0. The second-order valence-electron chi connectivity index (χ2n) is 7.13. The molecule has 2 heterocycles. The van der Waals surface area contributed by atoms with Crippen LogP contribution in [0.2, 0.25) is 0 Å². The van der Waals surface area contributed by atoms with E-state index in [-0.39, 0.29) is 29.3 Å². The van der Waals surface area contributed by atoms with E-state index in [9.17, 15) is 13.2 Å². The Morgan fingerprint density at radius 2 is 1.81 bits per heavy atom. The van der Waals surface area contributed by atoms with Crippen molar-refractivity contribution in [1.82, 2.24) is 9.21 Å². The molecule has 2 saturated heterocycles. The molecule has 2 fully saturated rings. The lowest BCUT2D eigenvalue weighted by atomic mass is 9.92. The van der Waals surface area contributed by atoms with Gasteiger partial charge in [-0.3, -0.25) is 4.79 Å². The second kappa shape index (κ2) is 8.69. The lowest BCUT2D eigenvalue weighted by molar-refractivity contribution is -0.136. The summed E-state index contributed by atoms with van der Waals surface area (Å²) in [6.07, 6.45) is 3.26. The maximum Gasteiger partial charge on any atom is 0.243 e. The first-order valence-electron chi connectivity index (χ1n) is 9.02. The zero-order valence-electron chi connectivity index (χ0n) is 15.1. The minimum Gasteiger partial charge on any atom is -0.341 e. The van der Waals surface area contributed by atoms with Crippen molar-refractivity contribution in [1.29, 1.82) is 0 Å². The van der Waals surface area contributed by atoms with E-state index in [1.165, 1.54) is 4.31 Å². The molecule has 2 N–H and O–H groups in total. The molecule has 0 aromatic heterocycles. The number of amides is 1. The Hall–Kier alpha value is -1.15. The van der Waals surface area contributed by atoms with Crippen molar-refractivity contribution in [2.24, 2.45) is 11.7 Å². The summed E-state index contributed by atoms with van der Waals surface area (Å²) in [6.45, 7) is 3.70. The maximum atomic E-state index is 13.0. The molecule has 3 atom stereocenters. The van der Waals surface area contributed by atoms with Crippen molar-refractivity contribution >= 4 is 28.3 Å². The zero-order chi connectivity index (χ0) is 18.0. The number of carbonyl (C=O) groups excluding carboxylic acids is 1. The smallest absolute Gasteiger partial charge is 0.243 e. The number of nitrogens with two attached hydrogens (primary N) is 1. The van der Waals surface area contributed by atoms with Gasteiger partial charge in [0.2, 0.25) is 15.9 Å². The predicted molar refractivity (Wildman–Crippen MR) is 104 cm³/mol. The van der Waals surface area contributed by atoms with Crippen molar-refractivity contribution in [3.8, 4) is 0 Å². The summed E-state index contributed by atoms with van der Waals surface area (Å²) in [5.74, 6) is 0.223. The lowest BCUT2D eigenvalue weighted by Crippen LogP contribution is -2.52. The van der Waals surface area contributed by atoms with Crippen molar-refractivity contribution < 1.29 is 13.2 Å². The van der Waals surface area contributed by atoms with E-state index in [1.54, 1.807) is 30.3 Å². The molecule has 8 heteroatoms. The van der Waals surface area contributed by atoms with Crippen LogP contribution >= 0.6 is 12.4 Å². The normalized spacial score (nSPS) is 25.5. The molecular weight excluding hydrogens is 374 g/mol. The Morgan fingerprint density at radius 3 is 2.46 bits per heavy atom. The van der Waals surface area contributed by atoms with Crippen molar-refractivity contribution in [2.75, 3.05) is 19.6 Å². The molecule has 1 aromatic carbocycles. The minimum absolute atomic E-state index is 0. The Kier molecular flexibility index (Phi) is 7.07. The highest BCUT2D eigenvalue weighted by atomic mass is 35.5. The highest BCUT2D eigenvalue weighted by Gasteiger charge is 2.42. The van der Waals surface area contributed by atoms with E-state index in [0.29, 0.717) is 38.4 Å². The second-order valence-corrected chi connectivity index (χ2v) is 9.02. The summed E-state index contributed by atoms with van der Waals surface area (Å²) in [4.78, 5) is 15.1. The number of hydrogen-bond donors (Lipinski definition) is 1. The van der Waals surface area contributed by atoms with Gasteiger partial charge in [0.15, 0.2) is 0 Å². The number of sulfonamides is 1. The molecule has 1 aromatic rings. The molecule has 0 aliphatic carbocycles. The van der Waals surface area contributed by atoms with Gasteiger partial charge in [-0.05, 0) is 50.7 Å². The average Bonchev–Trinajstić information content (AvgIpc) is 3.12. The van der Waals surface area contributed by atoms with Crippen molar-refractivity contribution in [2.45, 2.75) is 49.6 Å². The van der Waals surface area contributed by atoms with Crippen LogP contribution in [0, 0.1) is 5.92 Å². The van der Waals surface area contributed by atoms with Crippen LogP contribution < -0.4 is 5.73 Å². The van der Waals surface area contributed by atoms with E-state index in [2.05, 4.69) is 0 Å². The number of halogens is 1. The van der Waals surface area contributed by atoms with Gasteiger partial charge in [-0.25, -0.2) is 8.42 Å². The molecule has 0 spiro atoms. The van der Waals surface area contributed by atoms with Gasteiger partial charge in [0.25, 0.3) is 0 Å². The SMILES string of the molecule is CC(N)C1CCCN(C(=O)C2CCCN2S(=O)(=O)c2ccccc2)C1.Cl. The summed E-state index contributed by atoms with van der Waals surface area (Å²) in [5.41, 5.74) is 6.01. The third-order valence-corrected chi connectivity index (χ3v) is 7.27. The van der Waals surface area contributed by atoms with Crippen LogP contribution in [-0.2, 0) is 14.8 Å². The van der Waals surface area contributed by atoms with Gasteiger partial charge < -0.3 is 10.6 Å². The highest BCUT2D eigenvalue weighted by molar-refractivity contribution is 7.89. The molecule has 0 radical (unpaired) electrons. The summed E-state index contributed by atoms with van der Waals surface area (Å²) in [7, 11) is -3.64. The summed E-state index contributed by atoms with van der Waals surface area (Å²) in [6, 6.07) is 7.83. The van der Waals surface area contributed by atoms with Gasteiger partial charge in [0.1, 0.15) is 6.04 Å². The van der Waals surface area contributed by atoms with Gasteiger partial charge in [-0.1, -0.05) is 18.2 Å². The summed E-state index contributed by atoms with van der Waals surface area (Å²) < 4.78 is 27.3. The Balaban J connectivity index is 0.00000243. The Bertz CT molecular complexity index is 712. The fraction of sp³-hybridized carbons (Fsp3) is 0.611. The fourth-order valence-corrected chi connectivity index (χ4v) is 5.52. The Labute approximate surface area is 162 Å². The van der Waals surface area contributed by atoms with E-state index >= 15 is 0 Å². The van der Waals surface area contributed by atoms with Crippen LogP contribution in [0.5, 0.6) is 0 Å². The first kappa shape index (κ1) is 21.2. The number of carbonyl (C=O) groups is 1. The van der Waals surface area contributed by atoms with Crippen LogP contribution in [0.1, 0.15) is 32.6 Å². The molecular formula is C18H28ClN3O3S. The van der Waals surface area contributed by atoms with Gasteiger partial charge in [0.05, 0.1) is 4.90 Å². The van der Waals surface area contributed by atoms with Crippen LogP contribution in [0.25, 0.3) is 0 Å². The Morgan fingerprint density at radius 1 is 1.15 bits per heavy atom. The first-order valence-corrected chi connectivity index (χ1v) is 10.5. The van der Waals surface area contributed by atoms with Gasteiger partial charge >= 0.3 is 0 Å². The lowest BCUT2D eigenvalue weighted by Gasteiger charge is -2.37. The average molecular weight is 402 g/mol. The highest BCUT2D eigenvalue weighted by Crippen LogP contribution is 2.29. The van der Waals surface area contributed by atoms with Gasteiger partial charge in [-0.2, -0.15) is 4.31 Å². The molecule has 0 bridgehead atoms. The number of rotatable bonds is 4. The standard InChI is InChI=1S/C18H27N3O3S.ClH/c1-14(19)15-7-5-11-20(13-15)18(22)17-10-6-12-21(17)25(23,24)16-8-3-2-4-9-16;/h2-4,8-9,14-15,17H,5-7,10-13,19H2,1H3;1H. The zero-order valence-corrected chi connectivity index (χ0v) is 16.7. The van der Waals surface area contributed by atoms with Crippen LogP contribution in [0.4, 0.5) is 0 Å². The molecule has 2 aliphatic heterocycles. The fourth-order valence-electron chi connectivity index (χ4n) is 3.85. The number of piperidine rings is 1.